The van der Waals surface area contributed by atoms with Crippen molar-refractivity contribution in [2.75, 3.05) is 38.2 Å². The van der Waals surface area contributed by atoms with Crippen LogP contribution >= 0.6 is 0 Å². The summed E-state index contributed by atoms with van der Waals surface area (Å²) in [6.07, 6.45) is 1.61. The number of morpholine rings is 1. The highest BCUT2D eigenvalue weighted by Gasteiger charge is 2.26. The van der Waals surface area contributed by atoms with Crippen molar-refractivity contribution in [1.29, 1.82) is 0 Å². The Morgan fingerprint density at radius 3 is 2.41 bits per heavy atom. The smallest absolute Gasteiger partial charge is 0.313 e. The van der Waals surface area contributed by atoms with E-state index in [1.54, 1.807) is 6.26 Å². The lowest BCUT2D eigenvalue weighted by molar-refractivity contribution is -0.136. The van der Waals surface area contributed by atoms with E-state index in [2.05, 4.69) is 15.5 Å². The number of ether oxygens (including phenoxy) is 1. The molecule has 0 spiro atoms. The monoisotopic (exact) mass is 371 g/mol. The Morgan fingerprint density at radius 1 is 1.07 bits per heavy atom. The van der Waals surface area contributed by atoms with Gasteiger partial charge in [-0.3, -0.25) is 14.5 Å². The van der Waals surface area contributed by atoms with Crippen molar-refractivity contribution < 1.29 is 18.7 Å². The number of anilines is 1. The van der Waals surface area contributed by atoms with Gasteiger partial charge in [0.05, 0.1) is 25.5 Å². The molecule has 2 N–H and O–H groups in total. The quantitative estimate of drug-likeness (QED) is 0.786. The fourth-order valence-corrected chi connectivity index (χ4v) is 3.23. The highest BCUT2D eigenvalue weighted by Crippen LogP contribution is 2.22. The summed E-state index contributed by atoms with van der Waals surface area (Å²) in [5.74, 6) is -0.581. The Hall–Kier alpha value is -2.64. The zero-order chi connectivity index (χ0) is 19.2. The molecule has 2 aromatic rings. The molecule has 7 heteroatoms. The Balaban J connectivity index is 1.62. The molecule has 1 aromatic carbocycles. The number of carbonyl (C=O) groups is 2. The van der Waals surface area contributed by atoms with Gasteiger partial charge in [0.25, 0.3) is 0 Å². The molecule has 0 radical (unpaired) electrons. The molecule has 1 aromatic heterocycles. The molecule has 2 amide bonds. The van der Waals surface area contributed by atoms with Gasteiger partial charge in [-0.05, 0) is 37.1 Å². The second-order valence-corrected chi connectivity index (χ2v) is 6.61. The summed E-state index contributed by atoms with van der Waals surface area (Å²) in [5, 5.41) is 5.44. The van der Waals surface area contributed by atoms with E-state index in [-0.39, 0.29) is 12.6 Å². The van der Waals surface area contributed by atoms with Gasteiger partial charge in [0.1, 0.15) is 5.76 Å². The van der Waals surface area contributed by atoms with E-state index in [0.29, 0.717) is 18.9 Å². The van der Waals surface area contributed by atoms with Crippen LogP contribution in [0.25, 0.3) is 0 Å². The van der Waals surface area contributed by atoms with Gasteiger partial charge in [0.2, 0.25) is 0 Å². The number of hydrogen-bond acceptors (Lipinski definition) is 5. The minimum atomic E-state index is -0.674. The van der Waals surface area contributed by atoms with E-state index < -0.39 is 11.8 Å². The van der Waals surface area contributed by atoms with Gasteiger partial charge in [0, 0.05) is 25.3 Å². The number of amides is 2. The van der Waals surface area contributed by atoms with E-state index in [1.165, 1.54) is 0 Å². The zero-order valence-electron chi connectivity index (χ0n) is 15.7. The molecule has 1 unspecified atom stereocenters. The number of para-hydroxylation sites is 1. The van der Waals surface area contributed by atoms with Gasteiger partial charge in [0.15, 0.2) is 0 Å². The Kier molecular flexibility index (Phi) is 6.26. The van der Waals surface area contributed by atoms with Crippen LogP contribution in [-0.4, -0.2) is 49.6 Å². The molecular weight excluding hydrogens is 346 g/mol. The molecule has 1 aliphatic heterocycles. The van der Waals surface area contributed by atoms with Gasteiger partial charge in [-0.25, -0.2) is 0 Å². The normalized spacial score (nSPS) is 15.9. The van der Waals surface area contributed by atoms with Gasteiger partial charge in [-0.2, -0.15) is 0 Å². The van der Waals surface area contributed by atoms with Gasteiger partial charge >= 0.3 is 11.8 Å². The van der Waals surface area contributed by atoms with Crippen LogP contribution in [0.15, 0.2) is 41.0 Å². The van der Waals surface area contributed by atoms with Crippen LogP contribution in [0.4, 0.5) is 5.69 Å². The van der Waals surface area contributed by atoms with Crippen LogP contribution in [0.5, 0.6) is 0 Å². The second kappa shape index (κ2) is 8.83. The Bertz CT molecular complexity index is 762. The summed E-state index contributed by atoms with van der Waals surface area (Å²) in [6, 6.07) is 9.26. The fourth-order valence-electron chi connectivity index (χ4n) is 3.23. The number of aryl methyl sites for hydroxylation is 2. The highest BCUT2D eigenvalue weighted by molar-refractivity contribution is 6.39. The van der Waals surface area contributed by atoms with Crippen molar-refractivity contribution in [3.63, 3.8) is 0 Å². The Morgan fingerprint density at radius 2 is 1.78 bits per heavy atom. The van der Waals surface area contributed by atoms with E-state index in [4.69, 9.17) is 9.15 Å². The van der Waals surface area contributed by atoms with Crippen molar-refractivity contribution in [2.45, 2.75) is 19.9 Å². The van der Waals surface area contributed by atoms with Gasteiger partial charge in [-0.15, -0.1) is 0 Å². The average molecular weight is 371 g/mol. The number of furan rings is 1. The molecule has 1 atom stereocenters. The molecule has 1 saturated heterocycles. The second-order valence-electron chi connectivity index (χ2n) is 6.61. The van der Waals surface area contributed by atoms with Crippen molar-refractivity contribution in [2.24, 2.45) is 0 Å². The first-order valence-corrected chi connectivity index (χ1v) is 9.07. The number of rotatable bonds is 5. The predicted molar refractivity (Wildman–Crippen MR) is 101 cm³/mol. The van der Waals surface area contributed by atoms with E-state index in [1.807, 2.05) is 44.2 Å². The number of nitrogens with one attached hydrogen (secondary N) is 2. The van der Waals surface area contributed by atoms with Crippen molar-refractivity contribution in [3.05, 3.63) is 53.5 Å². The Labute approximate surface area is 158 Å². The zero-order valence-corrected chi connectivity index (χ0v) is 15.7. The summed E-state index contributed by atoms with van der Waals surface area (Å²) < 4.78 is 10.9. The lowest BCUT2D eigenvalue weighted by Crippen LogP contribution is -2.45. The molecule has 1 aliphatic rings. The van der Waals surface area contributed by atoms with Crippen molar-refractivity contribution in [3.8, 4) is 0 Å². The number of benzene rings is 1. The molecule has 7 nitrogen and oxygen atoms in total. The van der Waals surface area contributed by atoms with Crippen LogP contribution in [0.2, 0.25) is 0 Å². The van der Waals surface area contributed by atoms with Gasteiger partial charge < -0.3 is 19.8 Å². The van der Waals surface area contributed by atoms with Crippen LogP contribution in [-0.2, 0) is 14.3 Å². The standard InChI is InChI=1S/C20H25N3O4/c1-14-5-3-6-15(2)18(14)22-20(25)19(24)21-13-16(17-7-4-10-27-17)23-8-11-26-12-9-23/h3-7,10,16H,8-9,11-13H2,1-2H3,(H,21,24)(H,22,25). The summed E-state index contributed by atoms with van der Waals surface area (Å²) in [4.78, 5) is 26.8. The maximum Gasteiger partial charge on any atom is 0.313 e. The maximum absolute atomic E-state index is 12.3. The first kappa shape index (κ1) is 19.1. The average Bonchev–Trinajstić information content (AvgIpc) is 3.20. The molecule has 144 valence electrons. The predicted octanol–water partition coefficient (Wildman–Crippen LogP) is 2.02. The molecule has 3 rings (SSSR count). The summed E-state index contributed by atoms with van der Waals surface area (Å²) in [7, 11) is 0. The topological polar surface area (TPSA) is 83.8 Å². The minimum absolute atomic E-state index is 0.138. The molecule has 1 fully saturated rings. The van der Waals surface area contributed by atoms with Crippen molar-refractivity contribution >= 4 is 17.5 Å². The third-order valence-electron chi connectivity index (χ3n) is 4.74. The summed E-state index contributed by atoms with van der Waals surface area (Å²) >= 11 is 0. The lowest BCUT2D eigenvalue weighted by Gasteiger charge is -2.33. The highest BCUT2D eigenvalue weighted by atomic mass is 16.5. The molecule has 2 heterocycles. The fraction of sp³-hybridized carbons (Fsp3) is 0.400. The minimum Gasteiger partial charge on any atom is -0.468 e. The lowest BCUT2D eigenvalue weighted by atomic mass is 10.1. The van der Waals surface area contributed by atoms with E-state index in [9.17, 15) is 9.59 Å². The number of carbonyl (C=O) groups excluding carboxylic acids is 2. The van der Waals surface area contributed by atoms with Crippen LogP contribution < -0.4 is 10.6 Å². The van der Waals surface area contributed by atoms with Crippen LogP contribution in [0, 0.1) is 13.8 Å². The largest absolute Gasteiger partial charge is 0.468 e. The third-order valence-corrected chi connectivity index (χ3v) is 4.74. The van der Waals surface area contributed by atoms with Gasteiger partial charge in [-0.1, -0.05) is 18.2 Å². The molecule has 27 heavy (non-hydrogen) atoms. The first-order valence-electron chi connectivity index (χ1n) is 9.07. The van der Waals surface area contributed by atoms with Crippen LogP contribution in [0.1, 0.15) is 22.9 Å². The molecular formula is C20H25N3O4. The van der Waals surface area contributed by atoms with Crippen molar-refractivity contribution in [1.82, 2.24) is 10.2 Å². The molecule has 0 bridgehead atoms. The van der Waals surface area contributed by atoms with E-state index >= 15 is 0 Å². The summed E-state index contributed by atoms with van der Waals surface area (Å²) in [5.41, 5.74) is 2.50. The van der Waals surface area contributed by atoms with E-state index in [0.717, 1.165) is 30.0 Å². The molecule has 0 saturated carbocycles. The number of hydrogen-bond donors (Lipinski definition) is 2. The van der Waals surface area contributed by atoms with Crippen LogP contribution in [0.3, 0.4) is 0 Å². The third kappa shape index (κ3) is 4.75. The molecule has 0 aliphatic carbocycles. The first-order chi connectivity index (χ1) is 13.1. The maximum atomic E-state index is 12.3. The SMILES string of the molecule is Cc1cccc(C)c1NC(=O)C(=O)NCC(c1ccco1)N1CCOCC1. The summed E-state index contributed by atoms with van der Waals surface area (Å²) in [6.45, 7) is 6.84. The number of nitrogens with zero attached hydrogens (tertiary/aromatic N) is 1.